The van der Waals surface area contributed by atoms with E-state index in [9.17, 15) is 0 Å². The number of nitrogens with one attached hydrogen (secondary N) is 1. The SMILES string of the molecule is C#CC(CCC)NC1CCc2ccc(OC)cc2C1. The molecule has 0 saturated carbocycles. The maximum atomic E-state index is 5.58. The number of aryl methyl sites for hydroxylation is 1. The molecular weight excluding hydrogens is 234 g/mol. The van der Waals surface area contributed by atoms with Gasteiger partial charge in [-0.25, -0.2) is 0 Å². The molecule has 2 unspecified atom stereocenters. The highest BCUT2D eigenvalue weighted by Crippen LogP contribution is 2.25. The molecule has 1 aliphatic carbocycles. The van der Waals surface area contributed by atoms with Crippen LogP contribution in [0.3, 0.4) is 0 Å². The summed E-state index contributed by atoms with van der Waals surface area (Å²) in [6.07, 6.45) is 11.1. The number of benzene rings is 1. The van der Waals surface area contributed by atoms with Gasteiger partial charge in [-0.05, 0) is 48.9 Å². The average molecular weight is 257 g/mol. The third kappa shape index (κ3) is 3.52. The first-order valence-electron chi connectivity index (χ1n) is 7.14. The topological polar surface area (TPSA) is 21.3 Å². The Morgan fingerprint density at radius 2 is 2.32 bits per heavy atom. The molecule has 2 nitrogen and oxygen atoms in total. The van der Waals surface area contributed by atoms with Gasteiger partial charge in [0.05, 0.1) is 13.2 Å². The zero-order chi connectivity index (χ0) is 13.7. The van der Waals surface area contributed by atoms with Gasteiger partial charge in [-0.3, -0.25) is 0 Å². The van der Waals surface area contributed by atoms with E-state index in [1.165, 1.54) is 17.5 Å². The molecular formula is C17H23NO. The molecule has 2 atom stereocenters. The summed E-state index contributed by atoms with van der Waals surface area (Å²) in [4.78, 5) is 0. The van der Waals surface area contributed by atoms with Crippen molar-refractivity contribution in [2.24, 2.45) is 0 Å². The minimum atomic E-state index is 0.210. The molecule has 2 heteroatoms. The number of rotatable bonds is 5. The van der Waals surface area contributed by atoms with Crippen molar-refractivity contribution in [2.45, 2.75) is 51.1 Å². The summed E-state index contributed by atoms with van der Waals surface area (Å²) in [7, 11) is 1.72. The van der Waals surface area contributed by atoms with E-state index in [4.69, 9.17) is 11.2 Å². The molecule has 0 fully saturated rings. The number of methoxy groups -OCH3 is 1. The Morgan fingerprint density at radius 3 is 3.00 bits per heavy atom. The largest absolute Gasteiger partial charge is 0.497 e. The van der Waals surface area contributed by atoms with Crippen LogP contribution in [-0.4, -0.2) is 19.2 Å². The molecule has 1 aromatic carbocycles. The van der Waals surface area contributed by atoms with Crippen molar-refractivity contribution in [2.75, 3.05) is 7.11 Å². The van der Waals surface area contributed by atoms with Gasteiger partial charge in [0.1, 0.15) is 5.75 Å². The predicted octanol–water partition coefficient (Wildman–Crippen LogP) is 2.94. The number of fused-ring (bicyclic) bond motifs is 1. The van der Waals surface area contributed by atoms with Crippen LogP contribution in [0.4, 0.5) is 0 Å². The zero-order valence-corrected chi connectivity index (χ0v) is 11.9. The van der Waals surface area contributed by atoms with Gasteiger partial charge < -0.3 is 10.1 Å². The predicted molar refractivity (Wildman–Crippen MR) is 79.5 cm³/mol. The lowest BCUT2D eigenvalue weighted by atomic mass is 9.87. The van der Waals surface area contributed by atoms with Gasteiger partial charge in [0.25, 0.3) is 0 Å². The van der Waals surface area contributed by atoms with E-state index < -0.39 is 0 Å². The summed E-state index contributed by atoms with van der Waals surface area (Å²) >= 11 is 0. The molecule has 0 radical (unpaired) electrons. The van der Waals surface area contributed by atoms with Crippen molar-refractivity contribution in [3.05, 3.63) is 29.3 Å². The highest BCUT2D eigenvalue weighted by atomic mass is 16.5. The van der Waals surface area contributed by atoms with Crippen LogP contribution < -0.4 is 10.1 Å². The highest BCUT2D eigenvalue weighted by Gasteiger charge is 2.20. The normalized spacial score (nSPS) is 19.3. The Hall–Kier alpha value is -1.46. The molecule has 19 heavy (non-hydrogen) atoms. The lowest BCUT2D eigenvalue weighted by Crippen LogP contribution is -2.40. The van der Waals surface area contributed by atoms with Crippen molar-refractivity contribution < 1.29 is 4.74 Å². The third-order valence-electron chi connectivity index (χ3n) is 3.86. The molecule has 0 amide bonds. The fourth-order valence-electron chi connectivity index (χ4n) is 2.79. The van der Waals surface area contributed by atoms with Gasteiger partial charge in [-0.1, -0.05) is 25.3 Å². The van der Waals surface area contributed by atoms with Crippen LogP contribution in [0.2, 0.25) is 0 Å². The summed E-state index contributed by atoms with van der Waals surface area (Å²) in [5, 5.41) is 3.61. The second kappa shape index (κ2) is 6.63. The molecule has 2 rings (SSSR count). The summed E-state index contributed by atoms with van der Waals surface area (Å²) in [6, 6.07) is 7.10. The van der Waals surface area contributed by atoms with Gasteiger partial charge in [-0.15, -0.1) is 6.42 Å². The molecule has 1 N–H and O–H groups in total. The van der Waals surface area contributed by atoms with E-state index in [1.807, 2.05) is 6.07 Å². The Kier molecular flexibility index (Phi) is 4.87. The molecule has 0 heterocycles. The quantitative estimate of drug-likeness (QED) is 0.819. The Balaban J connectivity index is 2.02. The fourth-order valence-corrected chi connectivity index (χ4v) is 2.79. The monoisotopic (exact) mass is 257 g/mol. The zero-order valence-electron chi connectivity index (χ0n) is 11.9. The van der Waals surface area contributed by atoms with E-state index in [0.29, 0.717) is 6.04 Å². The Morgan fingerprint density at radius 1 is 1.47 bits per heavy atom. The van der Waals surface area contributed by atoms with Gasteiger partial charge in [0.15, 0.2) is 0 Å². The standard InChI is InChI=1S/C17H23NO/c1-4-6-15(5-2)18-16-9-7-13-8-10-17(19-3)12-14(13)11-16/h2,8,10,12,15-16,18H,4,6-7,9,11H2,1,3H3. The van der Waals surface area contributed by atoms with Crippen LogP contribution in [0.15, 0.2) is 18.2 Å². The smallest absolute Gasteiger partial charge is 0.119 e. The lowest BCUT2D eigenvalue weighted by Gasteiger charge is -2.28. The Bertz CT molecular complexity index is 461. The van der Waals surface area contributed by atoms with Crippen LogP contribution in [-0.2, 0) is 12.8 Å². The molecule has 0 saturated heterocycles. The van der Waals surface area contributed by atoms with E-state index in [0.717, 1.165) is 31.4 Å². The van der Waals surface area contributed by atoms with Crippen LogP contribution in [0.25, 0.3) is 0 Å². The van der Waals surface area contributed by atoms with Crippen molar-refractivity contribution in [3.8, 4) is 18.1 Å². The summed E-state index contributed by atoms with van der Waals surface area (Å²) < 4.78 is 5.30. The first-order valence-corrected chi connectivity index (χ1v) is 7.14. The van der Waals surface area contributed by atoms with Gasteiger partial charge in [-0.2, -0.15) is 0 Å². The van der Waals surface area contributed by atoms with Crippen LogP contribution in [0.5, 0.6) is 5.75 Å². The van der Waals surface area contributed by atoms with Gasteiger partial charge in [0, 0.05) is 6.04 Å². The summed E-state index contributed by atoms with van der Waals surface area (Å²) in [6.45, 7) is 2.17. The molecule has 1 aromatic rings. The van der Waals surface area contributed by atoms with Crippen LogP contribution in [0, 0.1) is 12.3 Å². The van der Waals surface area contributed by atoms with E-state index in [1.54, 1.807) is 7.11 Å². The Labute approximate surface area is 116 Å². The number of terminal acetylenes is 1. The van der Waals surface area contributed by atoms with Crippen molar-refractivity contribution >= 4 is 0 Å². The maximum absolute atomic E-state index is 5.58. The summed E-state index contributed by atoms with van der Waals surface area (Å²) in [5.74, 6) is 3.81. The molecule has 102 valence electrons. The van der Waals surface area contributed by atoms with Gasteiger partial charge in [0.2, 0.25) is 0 Å². The number of hydrogen-bond acceptors (Lipinski definition) is 2. The molecule has 1 aliphatic rings. The molecule has 0 aromatic heterocycles. The molecule has 0 spiro atoms. The second-order valence-electron chi connectivity index (χ2n) is 5.25. The van der Waals surface area contributed by atoms with E-state index >= 15 is 0 Å². The van der Waals surface area contributed by atoms with Crippen LogP contribution in [0.1, 0.15) is 37.3 Å². The second-order valence-corrected chi connectivity index (χ2v) is 5.25. The summed E-state index contributed by atoms with van der Waals surface area (Å²) in [5.41, 5.74) is 2.85. The van der Waals surface area contributed by atoms with Crippen molar-refractivity contribution in [3.63, 3.8) is 0 Å². The number of hydrogen-bond donors (Lipinski definition) is 1. The minimum Gasteiger partial charge on any atom is -0.497 e. The van der Waals surface area contributed by atoms with Crippen molar-refractivity contribution in [1.29, 1.82) is 0 Å². The fraction of sp³-hybridized carbons (Fsp3) is 0.529. The first kappa shape index (κ1) is 14.0. The molecule has 0 aliphatic heterocycles. The number of ether oxygens (including phenoxy) is 1. The van der Waals surface area contributed by atoms with Crippen LogP contribution >= 0.6 is 0 Å². The van der Waals surface area contributed by atoms with Crippen molar-refractivity contribution in [1.82, 2.24) is 5.32 Å². The minimum absolute atomic E-state index is 0.210. The molecule has 0 bridgehead atoms. The van der Waals surface area contributed by atoms with E-state index in [-0.39, 0.29) is 6.04 Å². The van der Waals surface area contributed by atoms with E-state index in [2.05, 4.69) is 30.3 Å². The maximum Gasteiger partial charge on any atom is 0.119 e. The lowest BCUT2D eigenvalue weighted by molar-refractivity contribution is 0.405. The van der Waals surface area contributed by atoms with Gasteiger partial charge >= 0.3 is 0 Å². The highest BCUT2D eigenvalue weighted by molar-refractivity contribution is 5.38. The average Bonchev–Trinajstić information content (AvgIpc) is 2.46. The first-order chi connectivity index (χ1) is 9.26. The third-order valence-corrected chi connectivity index (χ3v) is 3.86.